The highest BCUT2D eigenvalue weighted by Gasteiger charge is 2.36. The van der Waals surface area contributed by atoms with E-state index in [1.165, 1.54) is 82.4 Å². The summed E-state index contributed by atoms with van der Waals surface area (Å²) in [6.45, 7) is 27.9. The second-order valence-corrected chi connectivity index (χ2v) is 23.3. The van der Waals surface area contributed by atoms with Crippen LogP contribution < -0.4 is 0 Å². The Kier molecular flexibility index (Phi) is 19.7. The summed E-state index contributed by atoms with van der Waals surface area (Å²) in [6, 6.07) is 54.5. The summed E-state index contributed by atoms with van der Waals surface area (Å²) >= 11 is 0. The molecule has 65 heavy (non-hydrogen) atoms. The first-order valence-corrected chi connectivity index (χ1v) is 26.2. The van der Waals surface area contributed by atoms with Crippen LogP contribution in [0.15, 0.2) is 193 Å². The van der Waals surface area contributed by atoms with Crippen molar-refractivity contribution in [1.29, 1.82) is 0 Å². The van der Waals surface area contributed by atoms with E-state index in [1.54, 1.807) is 0 Å². The predicted molar refractivity (Wildman–Crippen MR) is 295 cm³/mol. The fourth-order valence-corrected chi connectivity index (χ4v) is 8.85. The quantitative estimate of drug-likeness (QED) is 0.140. The molecule has 340 valence electrons. The average Bonchev–Trinajstić information content (AvgIpc) is 3.50. The minimum Gasteiger partial charge on any atom is -0.223 e. The minimum atomic E-state index is -0.520. The van der Waals surface area contributed by atoms with E-state index in [4.69, 9.17) is 0 Å². The van der Waals surface area contributed by atoms with Gasteiger partial charge in [0.1, 0.15) is 0 Å². The monoisotopic (exact) mass is 879 g/mol. The second-order valence-electron chi connectivity index (χ2n) is 19.2. The van der Waals surface area contributed by atoms with Crippen molar-refractivity contribution in [2.75, 3.05) is 18.8 Å². The molecule has 0 aromatic heterocycles. The van der Waals surface area contributed by atoms with Gasteiger partial charge in [-0.15, -0.1) is 0 Å². The molecule has 0 atom stereocenters. The molecule has 0 fully saturated rings. The normalized spacial score (nSPS) is 12.4. The molecule has 0 bridgehead atoms. The first-order valence-electron chi connectivity index (χ1n) is 23.4. The topological polar surface area (TPSA) is 0 Å². The van der Waals surface area contributed by atoms with Crippen molar-refractivity contribution < 1.29 is 0 Å². The third-order valence-corrected chi connectivity index (χ3v) is 13.6. The zero-order valence-electron chi connectivity index (χ0n) is 42.4. The second kappa shape index (κ2) is 24.6. The van der Waals surface area contributed by atoms with Gasteiger partial charge < -0.3 is 0 Å². The summed E-state index contributed by atoms with van der Waals surface area (Å²) in [6.07, 6.45) is 17.4. The maximum Gasteiger partial charge on any atom is 0.0159 e. The lowest BCUT2D eigenvalue weighted by Crippen LogP contribution is -2.15. The van der Waals surface area contributed by atoms with Gasteiger partial charge in [0.2, 0.25) is 0 Å². The Morgan fingerprint density at radius 3 is 1.69 bits per heavy atom. The van der Waals surface area contributed by atoms with Crippen LogP contribution in [0.4, 0.5) is 0 Å². The molecule has 7 aromatic carbocycles. The van der Waals surface area contributed by atoms with E-state index in [9.17, 15) is 0 Å². The van der Waals surface area contributed by atoms with Gasteiger partial charge in [0, 0.05) is 5.41 Å². The molecule has 1 heteroatoms. The van der Waals surface area contributed by atoms with Crippen molar-refractivity contribution in [3.05, 3.63) is 244 Å². The van der Waals surface area contributed by atoms with Crippen molar-refractivity contribution in [2.24, 2.45) is 0 Å². The van der Waals surface area contributed by atoms with Gasteiger partial charge in [0.05, 0.1) is 0 Å². The molecule has 0 heterocycles. The molecule has 0 amide bonds. The van der Waals surface area contributed by atoms with Crippen molar-refractivity contribution in [1.82, 2.24) is 0 Å². The fourth-order valence-electron chi connectivity index (χ4n) is 7.90. The largest absolute Gasteiger partial charge is 0.223 e. The molecule has 7 aromatic rings. The standard InChI is InChI=1S/C21H20.C17H22.C10H16S.C9H12.C7H8/c1-13-9-10-17-18(11-13)21(3,4)19-12-14(2)15-7-5-6-8-16(15)20(17)19;1-5-16-11-12-17(15(4)13-16)10-8-6-7-9-14(2)3;1-9-5-7-10(8-6-9)11(2,3)4;1-8(2)9-6-4-3-5-7-9;1-7-5-3-2-4-6-7/h5-12H,1-4H3;6-9,11-13H,2,5,10H2,1,3-4H3;5-8H,1-4H3;3-8H,1-2H3;2-6H,1H3/b;8-6-,9-7-;;;. The molecule has 8 rings (SSSR count). The molecule has 0 saturated carbocycles. The number of aryl methyl sites for hydroxylation is 6. The molecule has 0 saturated heterocycles. The van der Waals surface area contributed by atoms with E-state index >= 15 is 0 Å². The smallest absolute Gasteiger partial charge is 0.0159 e. The first-order chi connectivity index (χ1) is 30.8. The molecule has 0 spiro atoms. The number of rotatable bonds is 7. The van der Waals surface area contributed by atoms with Crippen LogP contribution in [0.5, 0.6) is 0 Å². The molecule has 1 aliphatic carbocycles. The Morgan fingerprint density at radius 1 is 0.600 bits per heavy atom. The zero-order valence-corrected chi connectivity index (χ0v) is 43.2. The van der Waals surface area contributed by atoms with Crippen molar-refractivity contribution in [3.8, 4) is 11.1 Å². The molecule has 0 N–H and O–H groups in total. The predicted octanol–water partition coefficient (Wildman–Crippen LogP) is 18.4. The molecule has 0 unspecified atom stereocenters. The summed E-state index contributed by atoms with van der Waals surface area (Å²) in [5.41, 5.74) is 18.0. The Labute approximate surface area is 397 Å². The van der Waals surface area contributed by atoms with E-state index in [2.05, 4.69) is 234 Å². The third-order valence-electron chi connectivity index (χ3n) is 12.0. The van der Waals surface area contributed by atoms with E-state index in [-0.39, 0.29) is 5.41 Å². The third kappa shape index (κ3) is 15.5. The molecular weight excluding hydrogens is 801 g/mol. The molecular formula is C64H78S. The van der Waals surface area contributed by atoms with Crippen LogP contribution >= 0.6 is 10.0 Å². The Hall–Kier alpha value is -5.63. The van der Waals surface area contributed by atoms with E-state index < -0.39 is 10.0 Å². The molecule has 0 radical (unpaired) electrons. The summed E-state index contributed by atoms with van der Waals surface area (Å²) in [5.74, 6) is 0.659. The van der Waals surface area contributed by atoms with Crippen molar-refractivity contribution in [2.45, 2.75) is 105 Å². The van der Waals surface area contributed by atoms with Crippen LogP contribution in [0.1, 0.15) is 103 Å². The van der Waals surface area contributed by atoms with Crippen LogP contribution in [0.2, 0.25) is 0 Å². The maximum atomic E-state index is 3.82. The fraction of sp³-hybridized carbons (Fsp3) is 0.281. The van der Waals surface area contributed by atoms with Crippen LogP contribution in [-0.4, -0.2) is 18.8 Å². The van der Waals surface area contributed by atoms with Crippen LogP contribution in [0.3, 0.4) is 0 Å². The molecule has 0 nitrogen and oxygen atoms in total. The Morgan fingerprint density at radius 2 is 1.17 bits per heavy atom. The number of allylic oxidation sites excluding steroid dienone is 5. The Balaban J connectivity index is 0.000000188. The van der Waals surface area contributed by atoms with Gasteiger partial charge in [-0.3, -0.25) is 0 Å². The number of hydrogen-bond donors (Lipinski definition) is 0. The summed E-state index contributed by atoms with van der Waals surface area (Å²) in [5, 5.41) is 2.77. The van der Waals surface area contributed by atoms with Crippen molar-refractivity contribution in [3.63, 3.8) is 0 Å². The summed E-state index contributed by atoms with van der Waals surface area (Å²) in [4.78, 5) is 1.49. The SMILES string of the molecule is C=C(C)/C=C\C=C/Cc1ccc(CC)cc1C.CC(C)c1ccccc1.Cc1ccc(S(C)(C)C)cc1.Cc1ccc2c(c1)C(C)(C)c1cc(C)c3ccccc3c1-2.Cc1ccccc1. The number of benzene rings is 7. The van der Waals surface area contributed by atoms with Gasteiger partial charge in [-0.2, -0.15) is 0 Å². The van der Waals surface area contributed by atoms with Gasteiger partial charge in [-0.25, -0.2) is 10.0 Å². The number of hydrogen-bond acceptors (Lipinski definition) is 0. The molecule has 1 aliphatic rings. The summed E-state index contributed by atoms with van der Waals surface area (Å²) in [7, 11) is -0.520. The van der Waals surface area contributed by atoms with Crippen LogP contribution in [0.25, 0.3) is 21.9 Å². The minimum absolute atomic E-state index is 0.0888. The van der Waals surface area contributed by atoms with Crippen LogP contribution in [-0.2, 0) is 18.3 Å². The van der Waals surface area contributed by atoms with Gasteiger partial charge in [-0.05, 0) is 157 Å². The van der Waals surface area contributed by atoms with Gasteiger partial charge in [-0.1, -0.05) is 227 Å². The maximum absolute atomic E-state index is 3.82. The lowest BCUT2D eigenvalue weighted by atomic mass is 9.81. The lowest BCUT2D eigenvalue weighted by Gasteiger charge is -2.25. The van der Waals surface area contributed by atoms with Crippen molar-refractivity contribution >= 4 is 20.8 Å². The Bertz CT molecular complexity index is 2630. The summed E-state index contributed by atoms with van der Waals surface area (Å²) < 4.78 is 0. The number of fused-ring (bicyclic) bond motifs is 5. The highest BCUT2D eigenvalue weighted by Crippen LogP contribution is 2.52. The zero-order chi connectivity index (χ0) is 47.7. The van der Waals surface area contributed by atoms with Crippen LogP contribution in [0, 0.1) is 34.6 Å². The van der Waals surface area contributed by atoms with Gasteiger partial charge in [0.15, 0.2) is 0 Å². The van der Waals surface area contributed by atoms with E-state index in [0.29, 0.717) is 5.92 Å². The molecule has 0 aliphatic heterocycles. The lowest BCUT2D eigenvalue weighted by molar-refractivity contribution is 0.659. The van der Waals surface area contributed by atoms with Gasteiger partial charge in [0.25, 0.3) is 0 Å². The van der Waals surface area contributed by atoms with E-state index in [1.807, 2.05) is 43.3 Å². The highest BCUT2D eigenvalue weighted by atomic mass is 32.3. The van der Waals surface area contributed by atoms with Gasteiger partial charge >= 0.3 is 0 Å². The highest BCUT2D eigenvalue weighted by molar-refractivity contribution is 8.32. The van der Waals surface area contributed by atoms with E-state index in [0.717, 1.165) is 18.4 Å². The first kappa shape index (κ1) is 52.0. The average molecular weight is 879 g/mol.